The molecule has 0 saturated heterocycles. The first-order chi connectivity index (χ1) is 5.29. The third kappa shape index (κ3) is 1.45. The quantitative estimate of drug-likeness (QED) is 0.583. The minimum atomic E-state index is -1.04. The highest BCUT2D eigenvalue weighted by molar-refractivity contribution is 6.44. The number of hydrogen-bond donors (Lipinski definition) is 2. The highest BCUT2D eigenvalue weighted by Crippen LogP contribution is 2.54. The molecule has 0 aromatic rings. The van der Waals surface area contributed by atoms with E-state index in [4.69, 9.17) is 10.0 Å². The summed E-state index contributed by atoms with van der Waals surface area (Å²) in [6.07, 6.45) is 6.43. The molecule has 11 heavy (non-hydrogen) atoms. The monoisotopic (exact) mass is 154 g/mol. The first kappa shape index (κ1) is 7.62. The summed E-state index contributed by atoms with van der Waals surface area (Å²) < 4.78 is 0. The fourth-order valence-corrected chi connectivity index (χ4v) is 2.51. The second kappa shape index (κ2) is 2.79. The van der Waals surface area contributed by atoms with E-state index in [2.05, 4.69) is 0 Å². The van der Waals surface area contributed by atoms with Crippen molar-refractivity contribution < 1.29 is 10.0 Å². The maximum absolute atomic E-state index is 8.88. The highest BCUT2D eigenvalue weighted by atomic mass is 16.4. The van der Waals surface area contributed by atoms with Gasteiger partial charge in [0.2, 0.25) is 0 Å². The van der Waals surface area contributed by atoms with Gasteiger partial charge in [-0.3, -0.25) is 0 Å². The largest absolute Gasteiger partial charge is 0.455 e. The van der Waals surface area contributed by atoms with Crippen molar-refractivity contribution in [3.8, 4) is 0 Å². The topological polar surface area (TPSA) is 40.5 Å². The van der Waals surface area contributed by atoms with Gasteiger partial charge in [-0.25, -0.2) is 0 Å². The van der Waals surface area contributed by atoms with Crippen molar-refractivity contribution in [1.29, 1.82) is 0 Å². The lowest BCUT2D eigenvalue weighted by Gasteiger charge is -2.06. The van der Waals surface area contributed by atoms with Crippen LogP contribution in [0.15, 0.2) is 0 Å². The van der Waals surface area contributed by atoms with Crippen molar-refractivity contribution in [2.45, 2.75) is 37.9 Å². The van der Waals surface area contributed by atoms with Gasteiger partial charge in [-0.05, 0) is 24.1 Å². The van der Waals surface area contributed by atoms with Crippen molar-refractivity contribution in [1.82, 2.24) is 0 Å². The van der Waals surface area contributed by atoms with Gasteiger partial charge in [0.15, 0.2) is 0 Å². The molecule has 0 unspecified atom stereocenters. The molecular formula is C8H15BO2. The van der Waals surface area contributed by atoms with Gasteiger partial charge in [0.05, 0.1) is 0 Å². The Bertz CT molecular complexity index is 143. The van der Waals surface area contributed by atoms with Crippen molar-refractivity contribution in [3.63, 3.8) is 0 Å². The van der Waals surface area contributed by atoms with E-state index in [9.17, 15) is 0 Å². The van der Waals surface area contributed by atoms with Crippen LogP contribution in [0, 0.1) is 11.8 Å². The summed E-state index contributed by atoms with van der Waals surface area (Å²) >= 11 is 0. The molecule has 2 saturated carbocycles. The third-order valence-corrected chi connectivity index (χ3v) is 3.28. The van der Waals surface area contributed by atoms with Crippen LogP contribution in [0.2, 0.25) is 5.82 Å². The molecule has 0 heterocycles. The molecule has 2 aliphatic carbocycles. The van der Waals surface area contributed by atoms with Crippen molar-refractivity contribution in [2.24, 2.45) is 11.8 Å². The fourth-order valence-electron chi connectivity index (χ4n) is 2.51. The zero-order valence-corrected chi connectivity index (χ0v) is 6.74. The molecule has 2 fully saturated rings. The van der Waals surface area contributed by atoms with E-state index in [0.29, 0.717) is 5.92 Å². The van der Waals surface area contributed by atoms with Crippen LogP contribution >= 0.6 is 0 Å². The van der Waals surface area contributed by atoms with E-state index in [1.54, 1.807) is 0 Å². The average Bonchev–Trinajstić information content (AvgIpc) is 2.60. The van der Waals surface area contributed by atoms with Crippen molar-refractivity contribution in [2.75, 3.05) is 0 Å². The average molecular weight is 154 g/mol. The molecule has 0 aromatic heterocycles. The summed E-state index contributed by atoms with van der Waals surface area (Å²) in [7, 11) is -1.04. The van der Waals surface area contributed by atoms with Crippen LogP contribution in [-0.2, 0) is 0 Å². The SMILES string of the molecule is OB(O)[C@@H]1C[C@H]1C1CCCC1. The second-order valence-electron chi connectivity index (χ2n) is 4.02. The van der Waals surface area contributed by atoms with E-state index in [0.717, 1.165) is 12.3 Å². The molecule has 2 atom stereocenters. The van der Waals surface area contributed by atoms with Crippen LogP contribution < -0.4 is 0 Å². The zero-order chi connectivity index (χ0) is 7.84. The van der Waals surface area contributed by atoms with Gasteiger partial charge in [0, 0.05) is 0 Å². The van der Waals surface area contributed by atoms with Crippen LogP contribution in [0.4, 0.5) is 0 Å². The van der Waals surface area contributed by atoms with Crippen molar-refractivity contribution in [3.05, 3.63) is 0 Å². The Kier molecular flexibility index (Phi) is 1.94. The van der Waals surface area contributed by atoms with Crippen LogP contribution in [-0.4, -0.2) is 17.2 Å². The minimum Gasteiger partial charge on any atom is -0.427 e. The first-order valence-electron chi connectivity index (χ1n) is 4.65. The van der Waals surface area contributed by atoms with Gasteiger partial charge in [0.25, 0.3) is 0 Å². The van der Waals surface area contributed by atoms with E-state index in [1.165, 1.54) is 25.7 Å². The Morgan fingerprint density at radius 1 is 1.09 bits per heavy atom. The normalized spacial score (nSPS) is 37.6. The molecular weight excluding hydrogens is 139 g/mol. The van der Waals surface area contributed by atoms with Crippen molar-refractivity contribution >= 4 is 7.12 Å². The van der Waals surface area contributed by atoms with E-state index in [1.807, 2.05) is 0 Å². The molecule has 0 aromatic carbocycles. The molecule has 2 nitrogen and oxygen atoms in total. The maximum atomic E-state index is 8.88. The van der Waals surface area contributed by atoms with Gasteiger partial charge in [-0.1, -0.05) is 25.7 Å². The van der Waals surface area contributed by atoms with E-state index >= 15 is 0 Å². The second-order valence-corrected chi connectivity index (χ2v) is 4.02. The summed E-state index contributed by atoms with van der Waals surface area (Å²) in [5.41, 5.74) is 0. The highest BCUT2D eigenvalue weighted by Gasteiger charge is 2.49. The Balaban J connectivity index is 1.81. The van der Waals surface area contributed by atoms with Gasteiger partial charge in [-0.2, -0.15) is 0 Å². The van der Waals surface area contributed by atoms with E-state index < -0.39 is 7.12 Å². The van der Waals surface area contributed by atoms with E-state index in [-0.39, 0.29) is 5.82 Å². The lowest BCUT2D eigenvalue weighted by molar-refractivity contribution is 0.388. The molecule has 0 spiro atoms. The standard InChI is InChI=1S/C8H15BO2/c10-9(11)8-5-7(8)6-3-1-2-4-6/h6-8,10-11H,1-5H2/t7-,8+/m0/s1. The lowest BCUT2D eigenvalue weighted by atomic mass is 9.79. The molecule has 0 radical (unpaired) electrons. The van der Waals surface area contributed by atoms with Gasteiger partial charge >= 0.3 is 7.12 Å². The molecule has 0 amide bonds. The Labute approximate surface area is 67.8 Å². The molecule has 0 bridgehead atoms. The van der Waals surface area contributed by atoms with Crippen LogP contribution in [0.1, 0.15) is 32.1 Å². The molecule has 2 rings (SSSR count). The summed E-state index contributed by atoms with van der Waals surface area (Å²) in [6, 6.07) is 0. The van der Waals surface area contributed by atoms with Crippen LogP contribution in [0.5, 0.6) is 0 Å². The summed E-state index contributed by atoms with van der Waals surface area (Å²) in [4.78, 5) is 0. The zero-order valence-electron chi connectivity index (χ0n) is 6.74. The third-order valence-electron chi connectivity index (χ3n) is 3.28. The summed E-state index contributed by atoms with van der Waals surface area (Å²) in [5.74, 6) is 1.69. The minimum absolute atomic E-state index is 0.220. The summed E-state index contributed by atoms with van der Waals surface area (Å²) in [6.45, 7) is 0. The summed E-state index contributed by atoms with van der Waals surface area (Å²) in [5, 5.41) is 17.8. The Morgan fingerprint density at radius 3 is 2.18 bits per heavy atom. The van der Waals surface area contributed by atoms with Crippen LogP contribution in [0.3, 0.4) is 0 Å². The number of rotatable bonds is 2. The lowest BCUT2D eigenvalue weighted by Crippen LogP contribution is -2.13. The van der Waals surface area contributed by atoms with Gasteiger partial charge in [0.1, 0.15) is 0 Å². The molecule has 62 valence electrons. The predicted octanol–water partition coefficient (Wildman–Crippen LogP) is 1.04. The Hall–Kier alpha value is -0.0151. The smallest absolute Gasteiger partial charge is 0.427 e. The van der Waals surface area contributed by atoms with Gasteiger partial charge in [-0.15, -0.1) is 0 Å². The first-order valence-corrected chi connectivity index (χ1v) is 4.65. The predicted molar refractivity (Wildman–Crippen MR) is 44.0 cm³/mol. The maximum Gasteiger partial charge on any atom is 0.455 e. The molecule has 2 aliphatic rings. The molecule has 2 N–H and O–H groups in total. The number of hydrogen-bond acceptors (Lipinski definition) is 2. The molecule has 0 aliphatic heterocycles. The fraction of sp³-hybridized carbons (Fsp3) is 1.00. The Morgan fingerprint density at radius 2 is 1.73 bits per heavy atom. The van der Waals surface area contributed by atoms with Crippen LogP contribution in [0.25, 0.3) is 0 Å². The van der Waals surface area contributed by atoms with Gasteiger partial charge < -0.3 is 10.0 Å². The molecule has 3 heteroatoms.